The number of aromatic nitrogens is 2. The van der Waals surface area contributed by atoms with Crippen LogP contribution in [0.3, 0.4) is 0 Å². The number of nitrogens with zero attached hydrogens (tertiary/aromatic N) is 2. The minimum atomic E-state index is -0.0352. The number of benzene rings is 1. The molecular formula is C11H9IN2O. The number of aryl methyl sites for hydroxylation is 1. The summed E-state index contributed by atoms with van der Waals surface area (Å²) in [6.07, 6.45) is 3.35. The maximum atomic E-state index is 11.9. The number of ketones is 1. The van der Waals surface area contributed by atoms with E-state index in [9.17, 15) is 4.79 Å². The second-order valence-electron chi connectivity index (χ2n) is 3.26. The number of carbonyl (C=O) groups is 1. The first-order valence-electron chi connectivity index (χ1n) is 4.45. The molecule has 0 atom stereocenters. The van der Waals surface area contributed by atoms with Gasteiger partial charge in [-0.1, -0.05) is 0 Å². The molecule has 0 spiro atoms. The van der Waals surface area contributed by atoms with Crippen molar-refractivity contribution in [3.8, 4) is 0 Å². The summed E-state index contributed by atoms with van der Waals surface area (Å²) in [4.78, 5) is 15.9. The fraction of sp³-hybridized carbons (Fsp3) is 0.0909. The molecule has 0 unspecified atom stereocenters. The van der Waals surface area contributed by atoms with Crippen molar-refractivity contribution in [2.75, 3.05) is 0 Å². The summed E-state index contributed by atoms with van der Waals surface area (Å²) < 4.78 is 2.88. The molecule has 2 rings (SSSR count). The molecule has 3 nitrogen and oxygen atoms in total. The largest absolute Gasteiger partial charge is 0.340 e. The summed E-state index contributed by atoms with van der Waals surface area (Å²) in [7, 11) is 1.84. The van der Waals surface area contributed by atoms with Crippen LogP contribution in [0.5, 0.6) is 0 Å². The van der Waals surface area contributed by atoms with Gasteiger partial charge in [0.05, 0.1) is 6.33 Å². The first-order chi connectivity index (χ1) is 7.16. The van der Waals surface area contributed by atoms with Crippen LogP contribution in [0, 0.1) is 3.57 Å². The summed E-state index contributed by atoms with van der Waals surface area (Å²) in [6, 6.07) is 7.46. The van der Waals surface area contributed by atoms with Gasteiger partial charge in [0, 0.05) is 22.4 Å². The number of hydrogen-bond donors (Lipinski definition) is 0. The van der Waals surface area contributed by atoms with Crippen LogP contribution in [-0.2, 0) is 7.05 Å². The lowest BCUT2D eigenvalue weighted by Crippen LogP contribution is -2.01. The zero-order chi connectivity index (χ0) is 10.8. The minimum Gasteiger partial charge on any atom is -0.340 e. The average molecular weight is 312 g/mol. The maximum Gasteiger partial charge on any atom is 0.212 e. The molecule has 0 fully saturated rings. The van der Waals surface area contributed by atoms with Gasteiger partial charge in [0.1, 0.15) is 5.69 Å². The second-order valence-corrected chi connectivity index (χ2v) is 4.51. The Hall–Kier alpha value is -1.17. The lowest BCUT2D eigenvalue weighted by molar-refractivity contribution is 0.103. The quantitative estimate of drug-likeness (QED) is 0.630. The Morgan fingerprint density at radius 1 is 1.33 bits per heavy atom. The first kappa shape index (κ1) is 10.4. The van der Waals surface area contributed by atoms with Crippen LogP contribution in [0.15, 0.2) is 36.8 Å². The van der Waals surface area contributed by atoms with E-state index in [0.717, 1.165) is 3.57 Å². The molecule has 0 N–H and O–H groups in total. The van der Waals surface area contributed by atoms with E-state index in [1.165, 1.54) is 0 Å². The van der Waals surface area contributed by atoms with E-state index in [2.05, 4.69) is 27.6 Å². The highest BCUT2D eigenvalue weighted by Gasteiger charge is 2.10. The molecule has 0 radical (unpaired) electrons. The van der Waals surface area contributed by atoms with Crippen LogP contribution in [0.25, 0.3) is 0 Å². The fourth-order valence-corrected chi connectivity index (χ4v) is 1.64. The van der Waals surface area contributed by atoms with Crippen LogP contribution in [0.2, 0.25) is 0 Å². The van der Waals surface area contributed by atoms with Crippen molar-refractivity contribution < 1.29 is 4.79 Å². The predicted molar refractivity (Wildman–Crippen MR) is 65.8 cm³/mol. The van der Waals surface area contributed by atoms with Gasteiger partial charge < -0.3 is 4.57 Å². The van der Waals surface area contributed by atoms with Crippen LogP contribution < -0.4 is 0 Å². The molecule has 0 amide bonds. The van der Waals surface area contributed by atoms with Crippen molar-refractivity contribution in [2.24, 2.45) is 7.05 Å². The Kier molecular flexibility index (Phi) is 2.86. The first-order valence-corrected chi connectivity index (χ1v) is 5.53. The molecule has 0 aliphatic heterocycles. The monoisotopic (exact) mass is 312 g/mol. The third-order valence-electron chi connectivity index (χ3n) is 2.04. The lowest BCUT2D eigenvalue weighted by Gasteiger charge is -1.97. The van der Waals surface area contributed by atoms with E-state index >= 15 is 0 Å². The maximum absolute atomic E-state index is 11.9. The third-order valence-corrected chi connectivity index (χ3v) is 2.76. The number of hydrogen-bond acceptors (Lipinski definition) is 2. The van der Waals surface area contributed by atoms with E-state index in [0.29, 0.717) is 11.3 Å². The van der Waals surface area contributed by atoms with Crippen molar-refractivity contribution in [1.82, 2.24) is 9.55 Å². The summed E-state index contributed by atoms with van der Waals surface area (Å²) >= 11 is 2.21. The molecule has 76 valence electrons. The molecule has 0 aliphatic carbocycles. The molecule has 1 aromatic carbocycles. The molecule has 1 aromatic heterocycles. The van der Waals surface area contributed by atoms with Gasteiger partial charge in [0.2, 0.25) is 5.78 Å². The van der Waals surface area contributed by atoms with E-state index in [-0.39, 0.29) is 5.78 Å². The highest BCUT2D eigenvalue weighted by atomic mass is 127. The SMILES string of the molecule is Cn1cnc(C(=O)c2ccc(I)cc2)c1. The van der Waals surface area contributed by atoms with E-state index in [4.69, 9.17) is 0 Å². The number of halogens is 1. The molecule has 2 aromatic rings. The van der Waals surface area contributed by atoms with Gasteiger partial charge in [0.25, 0.3) is 0 Å². The minimum absolute atomic E-state index is 0.0352. The Balaban J connectivity index is 2.32. The van der Waals surface area contributed by atoms with Crippen LogP contribution in [0.1, 0.15) is 16.1 Å². The molecule has 0 aliphatic rings. The fourth-order valence-electron chi connectivity index (χ4n) is 1.28. The summed E-state index contributed by atoms with van der Waals surface area (Å²) in [5, 5.41) is 0. The second kappa shape index (κ2) is 4.14. The predicted octanol–water partition coefficient (Wildman–Crippen LogP) is 2.26. The van der Waals surface area contributed by atoms with E-state index < -0.39 is 0 Å². The van der Waals surface area contributed by atoms with Crippen molar-refractivity contribution in [3.05, 3.63) is 51.6 Å². The molecule has 0 saturated heterocycles. The van der Waals surface area contributed by atoms with E-state index in [1.807, 2.05) is 31.3 Å². The summed E-state index contributed by atoms with van der Waals surface area (Å²) in [5.41, 5.74) is 1.16. The Morgan fingerprint density at radius 2 is 2.00 bits per heavy atom. The van der Waals surface area contributed by atoms with Gasteiger partial charge in [-0.15, -0.1) is 0 Å². The van der Waals surface area contributed by atoms with Gasteiger partial charge in [-0.25, -0.2) is 4.98 Å². The van der Waals surface area contributed by atoms with Crippen molar-refractivity contribution in [3.63, 3.8) is 0 Å². The average Bonchev–Trinajstić information content (AvgIpc) is 2.65. The number of rotatable bonds is 2. The van der Waals surface area contributed by atoms with Gasteiger partial charge in [0.15, 0.2) is 0 Å². The van der Waals surface area contributed by atoms with Crippen LogP contribution in [-0.4, -0.2) is 15.3 Å². The van der Waals surface area contributed by atoms with E-state index in [1.54, 1.807) is 17.1 Å². The molecule has 0 saturated carbocycles. The highest BCUT2D eigenvalue weighted by Crippen LogP contribution is 2.10. The van der Waals surface area contributed by atoms with Gasteiger partial charge in [-0.3, -0.25) is 4.79 Å². The molecule has 0 bridgehead atoms. The lowest BCUT2D eigenvalue weighted by atomic mass is 10.1. The molecule has 15 heavy (non-hydrogen) atoms. The van der Waals surface area contributed by atoms with Gasteiger partial charge >= 0.3 is 0 Å². The normalized spacial score (nSPS) is 10.3. The Morgan fingerprint density at radius 3 is 2.53 bits per heavy atom. The molecule has 4 heteroatoms. The summed E-state index contributed by atoms with van der Waals surface area (Å²) in [5.74, 6) is -0.0352. The van der Waals surface area contributed by atoms with Crippen molar-refractivity contribution in [2.45, 2.75) is 0 Å². The zero-order valence-corrected chi connectivity index (χ0v) is 10.3. The molecular weight excluding hydrogens is 303 g/mol. The standard InChI is InChI=1S/C11H9IN2O/c1-14-6-10(13-7-14)11(15)8-2-4-9(12)5-3-8/h2-7H,1H3. The Labute approximate surface area is 101 Å². The van der Waals surface area contributed by atoms with Gasteiger partial charge in [-0.2, -0.15) is 0 Å². The van der Waals surface area contributed by atoms with Crippen LogP contribution in [0.4, 0.5) is 0 Å². The Bertz CT molecular complexity index is 488. The zero-order valence-electron chi connectivity index (χ0n) is 8.14. The third kappa shape index (κ3) is 2.26. The summed E-state index contributed by atoms with van der Waals surface area (Å²) in [6.45, 7) is 0. The van der Waals surface area contributed by atoms with Crippen LogP contribution >= 0.6 is 22.6 Å². The smallest absolute Gasteiger partial charge is 0.212 e. The van der Waals surface area contributed by atoms with Crippen molar-refractivity contribution in [1.29, 1.82) is 0 Å². The topological polar surface area (TPSA) is 34.9 Å². The number of imidazole rings is 1. The number of carbonyl (C=O) groups excluding carboxylic acids is 1. The van der Waals surface area contributed by atoms with Gasteiger partial charge in [-0.05, 0) is 46.9 Å². The molecule has 1 heterocycles. The van der Waals surface area contributed by atoms with Crippen molar-refractivity contribution >= 4 is 28.4 Å². The highest BCUT2D eigenvalue weighted by molar-refractivity contribution is 14.1.